The fourth-order valence-electron chi connectivity index (χ4n) is 6.39. The zero-order chi connectivity index (χ0) is 30.7. The lowest BCUT2D eigenvalue weighted by Gasteiger charge is -2.39. The van der Waals surface area contributed by atoms with Crippen LogP contribution in [0.15, 0.2) is 30.3 Å². The maximum Gasteiger partial charge on any atom is 0.260 e. The first-order valence-electron chi connectivity index (χ1n) is 15.8. The number of hydrogen-bond acceptors (Lipinski definition) is 9. The van der Waals surface area contributed by atoms with Crippen LogP contribution in [0.1, 0.15) is 32.1 Å². The van der Waals surface area contributed by atoms with Crippen molar-refractivity contribution in [1.82, 2.24) is 25.3 Å². The summed E-state index contributed by atoms with van der Waals surface area (Å²) in [7, 11) is 0. The molecule has 13 nitrogen and oxygen atoms in total. The van der Waals surface area contributed by atoms with Crippen molar-refractivity contribution in [3.63, 3.8) is 0 Å². The minimum Gasteiger partial charge on any atom is -0.484 e. The third-order valence-corrected chi connectivity index (χ3v) is 8.79. The number of nitrogens with zero attached hydrogens (tertiary/aromatic N) is 3. The maximum absolute atomic E-state index is 13.9. The second kappa shape index (κ2) is 16.2. The Bertz CT molecular complexity index is 1110. The first-order valence-corrected chi connectivity index (χ1v) is 15.8. The molecule has 0 aromatic heterocycles. The molecule has 242 valence electrons. The number of rotatable bonds is 6. The van der Waals surface area contributed by atoms with E-state index >= 15 is 0 Å². The van der Waals surface area contributed by atoms with Crippen LogP contribution >= 0.6 is 0 Å². The summed E-state index contributed by atoms with van der Waals surface area (Å²) >= 11 is 0. The number of amides is 4. The summed E-state index contributed by atoms with van der Waals surface area (Å²) < 4.78 is 22.3. The summed E-state index contributed by atoms with van der Waals surface area (Å²) in [4.78, 5) is 58.5. The van der Waals surface area contributed by atoms with Crippen LogP contribution in [0.3, 0.4) is 0 Å². The molecule has 0 bridgehead atoms. The fraction of sp³-hybridized carbons (Fsp3) is 0.677. The number of carbonyl (C=O) groups is 4. The van der Waals surface area contributed by atoms with Crippen molar-refractivity contribution in [3.05, 3.63) is 30.3 Å². The van der Waals surface area contributed by atoms with Crippen molar-refractivity contribution in [1.29, 1.82) is 0 Å². The third kappa shape index (κ3) is 8.68. The van der Waals surface area contributed by atoms with Gasteiger partial charge in [-0.3, -0.25) is 19.2 Å². The van der Waals surface area contributed by atoms with Crippen molar-refractivity contribution in [2.24, 2.45) is 0 Å². The van der Waals surface area contributed by atoms with Gasteiger partial charge >= 0.3 is 0 Å². The number of fused-ring (bicyclic) bond motifs is 1. The predicted octanol–water partition coefficient (Wildman–Crippen LogP) is -0.214. The molecule has 13 heteroatoms. The molecule has 0 saturated carbocycles. The van der Waals surface area contributed by atoms with Gasteiger partial charge in [0.15, 0.2) is 6.61 Å². The average molecular weight is 616 g/mol. The number of piperidine rings is 1. The molecule has 4 aliphatic heterocycles. The molecule has 0 unspecified atom stereocenters. The molecule has 4 fully saturated rings. The third-order valence-electron chi connectivity index (χ3n) is 8.79. The predicted molar refractivity (Wildman–Crippen MR) is 159 cm³/mol. The Kier molecular flexibility index (Phi) is 11.8. The van der Waals surface area contributed by atoms with E-state index in [0.29, 0.717) is 71.0 Å². The molecular weight excluding hydrogens is 570 g/mol. The number of nitrogens with one attached hydrogen (secondary N) is 2. The number of benzene rings is 1. The van der Waals surface area contributed by atoms with E-state index in [9.17, 15) is 19.2 Å². The SMILES string of the molecule is O=C1NCCOCCOCC(=O)N(C2CCN(C(=O)COc3ccccc3)CC2)CC(=O)N2CC[C@@H](NC3CCOCC3)[C@@H]12. The fourth-order valence-corrected chi connectivity index (χ4v) is 6.39. The zero-order valence-electron chi connectivity index (χ0n) is 25.3. The van der Waals surface area contributed by atoms with Gasteiger partial charge in [-0.15, -0.1) is 0 Å². The summed E-state index contributed by atoms with van der Waals surface area (Å²) in [6.45, 7) is 3.41. The summed E-state index contributed by atoms with van der Waals surface area (Å²) in [5, 5.41) is 6.56. The lowest BCUT2D eigenvalue weighted by Crippen LogP contribution is -2.58. The Morgan fingerprint density at radius 2 is 1.57 bits per heavy atom. The van der Waals surface area contributed by atoms with Gasteiger partial charge in [0.25, 0.3) is 5.91 Å². The van der Waals surface area contributed by atoms with Gasteiger partial charge in [-0.25, -0.2) is 0 Å². The van der Waals surface area contributed by atoms with Crippen molar-refractivity contribution >= 4 is 23.6 Å². The van der Waals surface area contributed by atoms with Gasteiger partial charge in [-0.1, -0.05) is 18.2 Å². The summed E-state index contributed by atoms with van der Waals surface area (Å²) in [5.41, 5.74) is 0. The van der Waals surface area contributed by atoms with Gasteiger partial charge in [0, 0.05) is 57.5 Å². The Morgan fingerprint density at radius 1 is 0.841 bits per heavy atom. The number of para-hydroxylation sites is 1. The van der Waals surface area contributed by atoms with Gasteiger partial charge < -0.3 is 44.3 Å². The highest BCUT2D eigenvalue weighted by Gasteiger charge is 2.43. The van der Waals surface area contributed by atoms with E-state index in [1.807, 2.05) is 18.2 Å². The van der Waals surface area contributed by atoms with Crippen LogP contribution in [0.2, 0.25) is 0 Å². The molecule has 4 aliphatic rings. The lowest BCUT2D eigenvalue weighted by molar-refractivity contribution is -0.149. The van der Waals surface area contributed by atoms with E-state index in [1.54, 1.807) is 26.8 Å². The van der Waals surface area contributed by atoms with Crippen LogP contribution in [0.4, 0.5) is 0 Å². The Balaban J connectivity index is 1.24. The number of likely N-dealkylation sites (tertiary alicyclic amines) is 1. The van der Waals surface area contributed by atoms with Crippen LogP contribution in [0.25, 0.3) is 0 Å². The topological polar surface area (TPSA) is 139 Å². The highest BCUT2D eigenvalue weighted by molar-refractivity contribution is 5.91. The highest BCUT2D eigenvalue weighted by Crippen LogP contribution is 2.24. The zero-order valence-corrected chi connectivity index (χ0v) is 25.3. The summed E-state index contributed by atoms with van der Waals surface area (Å²) in [6, 6.07) is 8.28. The molecule has 4 amide bonds. The van der Waals surface area contributed by atoms with E-state index in [4.69, 9.17) is 18.9 Å². The molecule has 1 aromatic carbocycles. The Hall–Kier alpha value is -3.26. The molecule has 44 heavy (non-hydrogen) atoms. The number of carbonyl (C=O) groups excluding carboxylic acids is 4. The van der Waals surface area contributed by atoms with Crippen LogP contribution in [-0.4, -0.2) is 141 Å². The largest absolute Gasteiger partial charge is 0.484 e. The maximum atomic E-state index is 13.9. The van der Waals surface area contributed by atoms with Crippen LogP contribution in [-0.2, 0) is 33.4 Å². The highest BCUT2D eigenvalue weighted by atomic mass is 16.5. The minimum atomic E-state index is -0.687. The lowest BCUT2D eigenvalue weighted by atomic mass is 10.0. The van der Waals surface area contributed by atoms with Gasteiger partial charge in [0.2, 0.25) is 17.7 Å². The van der Waals surface area contributed by atoms with Gasteiger partial charge in [0.1, 0.15) is 24.9 Å². The van der Waals surface area contributed by atoms with Crippen molar-refractivity contribution < 1.29 is 38.1 Å². The monoisotopic (exact) mass is 615 g/mol. The smallest absolute Gasteiger partial charge is 0.260 e. The van der Waals surface area contributed by atoms with E-state index in [-0.39, 0.29) is 74.7 Å². The van der Waals surface area contributed by atoms with Crippen molar-refractivity contribution in [2.75, 3.05) is 79.0 Å². The molecule has 0 radical (unpaired) electrons. The molecule has 0 spiro atoms. The molecule has 4 saturated heterocycles. The molecule has 2 N–H and O–H groups in total. The molecule has 2 atom stereocenters. The van der Waals surface area contributed by atoms with Crippen LogP contribution in [0, 0.1) is 0 Å². The minimum absolute atomic E-state index is 0.0623. The quantitative estimate of drug-likeness (QED) is 0.445. The van der Waals surface area contributed by atoms with Crippen LogP contribution in [0.5, 0.6) is 5.75 Å². The van der Waals surface area contributed by atoms with Crippen molar-refractivity contribution in [2.45, 2.75) is 56.3 Å². The Morgan fingerprint density at radius 3 is 2.34 bits per heavy atom. The molecule has 0 aliphatic carbocycles. The second-order valence-corrected chi connectivity index (χ2v) is 11.7. The van der Waals surface area contributed by atoms with Crippen LogP contribution < -0.4 is 15.4 Å². The summed E-state index contributed by atoms with van der Waals surface area (Å²) in [6.07, 6.45) is 3.40. The van der Waals surface area contributed by atoms with E-state index in [1.165, 1.54) is 0 Å². The van der Waals surface area contributed by atoms with Gasteiger partial charge in [0.05, 0.1) is 19.8 Å². The number of hydrogen-bond donors (Lipinski definition) is 2. The summed E-state index contributed by atoms with van der Waals surface area (Å²) in [5.74, 6) is -0.273. The molecule has 5 rings (SSSR count). The van der Waals surface area contributed by atoms with Crippen molar-refractivity contribution in [3.8, 4) is 5.75 Å². The Labute approximate surface area is 258 Å². The molecular formula is C31H45N5O8. The first-order chi connectivity index (χ1) is 21.5. The number of ether oxygens (including phenoxy) is 4. The normalized spacial score (nSPS) is 25.6. The molecule has 4 heterocycles. The first kappa shape index (κ1) is 32.1. The van der Waals surface area contributed by atoms with E-state index in [2.05, 4.69) is 10.6 Å². The molecule has 1 aromatic rings. The second-order valence-electron chi connectivity index (χ2n) is 11.7. The standard InChI is InChI=1S/C31H45N5O8/c37-27-20-36(24-6-12-34(13-7-24)28(38)22-44-25-4-2-1-3-5-25)29(39)21-43-19-18-42-17-11-32-31(40)30-26(8-14-35(27)30)33-23-9-15-41-16-10-23/h1-5,23-24,26,30,33H,6-22H2,(H,32,40)/t26-,30+/m1/s1. The van der Waals surface area contributed by atoms with E-state index in [0.717, 1.165) is 12.8 Å². The average Bonchev–Trinajstić information content (AvgIpc) is 3.47. The van der Waals surface area contributed by atoms with E-state index < -0.39 is 6.04 Å². The van der Waals surface area contributed by atoms with Gasteiger partial charge in [-0.05, 0) is 44.2 Å². The van der Waals surface area contributed by atoms with Gasteiger partial charge in [-0.2, -0.15) is 0 Å².